The summed E-state index contributed by atoms with van der Waals surface area (Å²) >= 11 is 0. The maximum Gasteiger partial charge on any atom is 0.123 e. The van der Waals surface area contributed by atoms with Crippen LogP contribution in [0.2, 0.25) is 0 Å². The van der Waals surface area contributed by atoms with E-state index >= 15 is 0 Å². The zero-order valence-electron chi connectivity index (χ0n) is 13.0. The summed E-state index contributed by atoms with van der Waals surface area (Å²) in [6, 6.07) is 5.43. The van der Waals surface area contributed by atoms with Crippen molar-refractivity contribution in [2.75, 3.05) is 44.2 Å². The van der Waals surface area contributed by atoms with Gasteiger partial charge in [0, 0.05) is 51.0 Å². The monoisotopic (exact) mass is 295 g/mol. The van der Waals surface area contributed by atoms with E-state index in [2.05, 4.69) is 29.0 Å². The Bertz CT molecular complexity index is 445. The van der Waals surface area contributed by atoms with Crippen molar-refractivity contribution in [2.24, 2.45) is 0 Å². The SMILES string of the molecule is CC(C)NCc1cc(F)ccc1N1CCN(CCO)CC1. The normalized spacial score (nSPS) is 16.7. The summed E-state index contributed by atoms with van der Waals surface area (Å²) in [6.45, 7) is 9.52. The van der Waals surface area contributed by atoms with Crippen molar-refractivity contribution >= 4 is 5.69 Å². The third-order valence-corrected chi connectivity index (χ3v) is 3.87. The molecule has 21 heavy (non-hydrogen) atoms. The first-order valence-corrected chi connectivity index (χ1v) is 7.70. The number of nitrogens with one attached hydrogen (secondary N) is 1. The van der Waals surface area contributed by atoms with Crippen LogP contribution in [-0.2, 0) is 6.54 Å². The Kier molecular flexibility index (Phi) is 5.96. The van der Waals surface area contributed by atoms with E-state index in [0.717, 1.165) is 44.0 Å². The molecule has 0 aromatic heterocycles. The number of piperazine rings is 1. The number of aliphatic hydroxyl groups excluding tert-OH is 1. The highest BCUT2D eigenvalue weighted by molar-refractivity contribution is 5.54. The van der Waals surface area contributed by atoms with Gasteiger partial charge in [-0.15, -0.1) is 0 Å². The van der Waals surface area contributed by atoms with E-state index < -0.39 is 0 Å². The van der Waals surface area contributed by atoms with Gasteiger partial charge in [-0.1, -0.05) is 13.8 Å². The van der Waals surface area contributed by atoms with Gasteiger partial charge in [0.15, 0.2) is 0 Å². The first-order valence-electron chi connectivity index (χ1n) is 7.70. The van der Waals surface area contributed by atoms with E-state index in [1.54, 1.807) is 6.07 Å². The number of benzene rings is 1. The van der Waals surface area contributed by atoms with Crippen LogP contribution in [0.3, 0.4) is 0 Å². The van der Waals surface area contributed by atoms with Gasteiger partial charge >= 0.3 is 0 Å². The van der Waals surface area contributed by atoms with Gasteiger partial charge in [0.1, 0.15) is 5.82 Å². The van der Waals surface area contributed by atoms with Gasteiger partial charge in [0.05, 0.1) is 6.61 Å². The summed E-state index contributed by atoms with van der Waals surface area (Å²) in [5.41, 5.74) is 2.13. The molecule has 1 saturated heterocycles. The number of nitrogens with zero attached hydrogens (tertiary/aromatic N) is 2. The molecular weight excluding hydrogens is 269 g/mol. The van der Waals surface area contributed by atoms with E-state index in [1.807, 2.05) is 6.07 Å². The molecule has 5 heteroatoms. The molecule has 0 saturated carbocycles. The highest BCUT2D eigenvalue weighted by Gasteiger charge is 2.19. The molecule has 1 aliphatic heterocycles. The van der Waals surface area contributed by atoms with Crippen molar-refractivity contribution in [3.8, 4) is 0 Å². The summed E-state index contributed by atoms with van der Waals surface area (Å²) < 4.78 is 13.5. The van der Waals surface area contributed by atoms with Crippen molar-refractivity contribution in [1.82, 2.24) is 10.2 Å². The third-order valence-electron chi connectivity index (χ3n) is 3.87. The summed E-state index contributed by atoms with van der Waals surface area (Å²) in [4.78, 5) is 4.57. The van der Waals surface area contributed by atoms with Gasteiger partial charge in [-0.3, -0.25) is 4.90 Å². The quantitative estimate of drug-likeness (QED) is 0.833. The Hall–Kier alpha value is -1.17. The molecule has 1 heterocycles. The van der Waals surface area contributed by atoms with Gasteiger partial charge in [0.2, 0.25) is 0 Å². The van der Waals surface area contributed by atoms with Crippen LogP contribution < -0.4 is 10.2 Å². The van der Waals surface area contributed by atoms with E-state index in [1.165, 1.54) is 6.07 Å². The van der Waals surface area contributed by atoms with Crippen LogP contribution in [0.15, 0.2) is 18.2 Å². The second-order valence-electron chi connectivity index (χ2n) is 5.86. The Balaban J connectivity index is 2.05. The fourth-order valence-corrected chi connectivity index (χ4v) is 2.67. The van der Waals surface area contributed by atoms with Crippen molar-refractivity contribution in [2.45, 2.75) is 26.4 Å². The number of anilines is 1. The maximum atomic E-state index is 13.5. The molecule has 1 fully saturated rings. The lowest BCUT2D eigenvalue weighted by Crippen LogP contribution is -2.47. The lowest BCUT2D eigenvalue weighted by Gasteiger charge is -2.36. The molecular formula is C16H26FN3O. The summed E-state index contributed by atoms with van der Waals surface area (Å²) in [5.74, 6) is -0.182. The van der Waals surface area contributed by atoms with E-state index in [9.17, 15) is 4.39 Å². The Morgan fingerprint density at radius 3 is 2.57 bits per heavy atom. The molecule has 4 nitrogen and oxygen atoms in total. The molecule has 1 aromatic carbocycles. The molecule has 2 rings (SSSR count). The van der Waals surface area contributed by atoms with Crippen molar-refractivity contribution in [3.63, 3.8) is 0 Å². The lowest BCUT2D eigenvalue weighted by atomic mass is 10.1. The molecule has 1 aromatic rings. The van der Waals surface area contributed by atoms with Crippen molar-refractivity contribution in [1.29, 1.82) is 0 Å². The zero-order chi connectivity index (χ0) is 15.2. The molecule has 0 radical (unpaired) electrons. The summed E-state index contributed by atoms with van der Waals surface area (Å²) in [5, 5.41) is 12.4. The van der Waals surface area contributed by atoms with E-state index in [-0.39, 0.29) is 12.4 Å². The first kappa shape index (κ1) is 16.2. The van der Waals surface area contributed by atoms with Crippen molar-refractivity contribution in [3.05, 3.63) is 29.6 Å². The first-order chi connectivity index (χ1) is 10.1. The Morgan fingerprint density at radius 2 is 1.95 bits per heavy atom. The predicted octanol–water partition coefficient (Wildman–Crippen LogP) is 1.44. The fourth-order valence-electron chi connectivity index (χ4n) is 2.67. The topological polar surface area (TPSA) is 38.7 Å². The van der Waals surface area contributed by atoms with Gasteiger partial charge in [-0.2, -0.15) is 0 Å². The third kappa shape index (κ3) is 4.66. The molecule has 0 unspecified atom stereocenters. The van der Waals surface area contributed by atoms with E-state index in [4.69, 9.17) is 5.11 Å². The zero-order valence-corrected chi connectivity index (χ0v) is 13.0. The number of β-amino-alcohol motifs (C(OH)–C–C–N with tert-alkyl or cyclic N) is 1. The lowest BCUT2D eigenvalue weighted by molar-refractivity contribution is 0.188. The smallest absolute Gasteiger partial charge is 0.123 e. The van der Waals surface area contributed by atoms with Crippen molar-refractivity contribution < 1.29 is 9.50 Å². The standard InChI is InChI=1S/C16H26FN3O/c1-13(2)18-12-14-11-15(17)3-4-16(14)20-7-5-19(6-8-20)9-10-21/h3-4,11,13,18,21H,5-10,12H2,1-2H3. The predicted molar refractivity (Wildman–Crippen MR) is 84.1 cm³/mol. The highest BCUT2D eigenvalue weighted by atomic mass is 19.1. The van der Waals surface area contributed by atoms with Gasteiger partial charge in [0.25, 0.3) is 0 Å². The minimum absolute atomic E-state index is 0.182. The minimum atomic E-state index is -0.182. The van der Waals surface area contributed by atoms with E-state index in [0.29, 0.717) is 12.6 Å². The fraction of sp³-hybridized carbons (Fsp3) is 0.625. The molecule has 0 atom stereocenters. The molecule has 0 aliphatic carbocycles. The van der Waals surface area contributed by atoms with Crippen LogP contribution in [0.5, 0.6) is 0 Å². The molecule has 0 amide bonds. The average Bonchev–Trinajstić information content (AvgIpc) is 2.46. The average molecular weight is 295 g/mol. The number of halogens is 1. The Morgan fingerprint density at radius 1 is 1.24 bits per heavy atom. The minimum Gasteiger partial charge on any atom is -0.395 e. The molecule has 1 aliphatic rings. The van der Waals surface area contributed by atoms with Crippen LogP contribution in [0.4, 0.5) is 10.1 Å². The maximum absolute atomic E-state index is 13.5. The summed E-state index contributed by atoms with van der Waals surface area (Å²) in [7, 11) is 0. The Labute approximate surface area is 126 Å². The van der Waals surface area contributed by atoms with Gasteiger partial charge < -0.3 is 15.3 Å². The van der Waals surface area contributed by atoms with Crippen LogP contribution >= 0.6 is 0 Å². The van der Waals surface area contributed by atoms with Crippen LogP contribution in [0.1, 0.15) is 19.4 Å². The number of hydrogen-bond acceptors (Lipinski definition) is 4. The largest absolute Gasteiger partial charge is 0.395 e. The number of rotatable bonds is 6. The molecule has 118 valence electrons. The van der Waals surface area contributed by atoms with Crippen LogP contribution in [0, 0.1) is 5.82 Å². The molecule has 0 spiro atoms. The summed E-state index contributed by atoms with van der Waals surface area (Å²) in [6.07, 6.45) is 0. The highest BCUT2D eigenvalue weighted by Crippen LogP contribution is 2.23. The van der Waals surface area contributed by atoms with Crippen LogP contribution in [0.25, 0.3) is 0 Å². The second-order valence-corrected chi connectivity index (χ2v) is 5.86. The second kappa shape index (κ2) is 7.73. The molecule has 0 bridgehead atoms. The van der Waals surface area contributed by atoms with Crippen LogP contribution in [-0.4, -0.2) is 55.4 Å². The van der Waals surface area contributed by atoms with Gasteiger partial charge in [-0.05, 0) is 23.8 Å². The molecule has 2 N–H and O–H groups in total. The number of aliphatic hydroxyl groups is 1. The van der Waals surface area contributed by atoms with Gasteiger partial charge in [-0.25, -0.2) is 4.39 Å². The number of hydrogen-bond donors (Lipinski definition) is 2.